The molecule has 0 radical (unpaired) electrons. The van der Waals surface area contributed by atoms with Gasteiger partial charge in [0.05, 0.1) is 11.4 Å². The predicted molar refractivity (Wildman–Crippen MR) is 126 cm³/mol. The minimum atomic E-state index is 0.180. The molecule has 0 aromatic heterocycles. The van der Waals surface area contributed by atoms with E-state index in [2.05, 4.69) is 85.0 Å². The maximum atomic E-state index is 2.63. The molecule has 3 nitrogen and oxygen atoms in total. The van der Waals surface area contributed by atoms with Crippen molar-refractivity contribution in [2.45, 2.75) is 48.8 Å². The first kappa shape index (κ1) is 20.8. The van der Waals surface area contributed by atoms with Crippen molar-refractivity contribution < 1.29 is 0 Å². The molecular weight excluding hydrogens is 374 g/mol. The summed E-state index contributed by atoms with van der Waals surface area (Å²) in [6.45, 7) is 14.1. The molecular formula is C25H35N3S. The highest BCUT2D eigenvalue weighted by Crippen LogP contribution is 2.49. The van der Waals surface area contributed by atoms with Crippen LogP contribution in [0.15, 0.2) is 52.3 Å². The van der Waals surface area contributed by atoms with E-state index in [1.807, 2.05) is 11.8 Å². The van der Waals surface area contributed by atoms with Crippen LogP contribution in [-0.4, -0.2) is 56.1 Å². The number of nitrogens with zero attached hydrogens (tertiary/aromatic N) is 3. The number of rotatable bonds is 5. The summed E-state index contributed by atoms with van der Waals surface area (Å²) in [4.78, 5) is 10.4. The largest absolute Gasteiger partial charge is 0.340 e. The Labute approximate surface area is 181 Å². The molecule has 0 unspecified atom stereocenters. The van der Waals surface area contributed by atoms with Crippen molar-refractivity contribution in [1.82, 2.24) is 9.80 Å². The molecule has 29 heavy (non-hydrogen) atoms. The molecule has 0 saturated carbocycles. The molecule has 2 heterocycles. The van der Waals surface area contributed by atoms with E-state index in [4.69, 9.17) is 0 Å². The molecule has 1 saturated heterocycles. The Bertz CT molecular complexity index is 834. The van der Waals surface area contributed by atoms with E-state index in [9.17, 15) is 0 Å². The monoisotopic (exact) mass is 409 g/mol. The SMILES string of the molecule is CN1CCN(CCCCN2c3ccccc3Sc3cc(C(C)(C)C)ccc32)CC1. The van der Waals surface area contributed by atoms with E-state index in [1.54, 1.807) is 0 Å². The maximum absolute atomic E-state index is 2.63. The number of anilines is 2. The average molecular weight is 410 g/mol. The van der Waals surface area contributed by atoms with Crippen molar-refractivity contribution in [2.24, 2.45) is 0 Å². The molecule has 2 aliphatic heterocycles. The highest BCUT2D eigenvalue weighted by Gasteiger charge is 2.25. The molecule has 156 valence electrons. The quantitative estimate of drug-likeness (QED) is 0.593. The molecule has 4 rings (SSSR count). The molecule has 0 atom stereocenters. The zero-order chi connectivity index (χ0) is 20.4. The maximum Gasteiger partial charge on any atom is 0.0553 e. The third-order valence-electron chi connectivity index (χ3n) is 6.19. The van der Waals surface area contributed by atoms with Crippen LogP contribution in [-0.2, 0) is 5.41 Å². The molecule has 0 aliphatic carbocycles. The van der Waals surface area contributed by atoms with Crippen molar-refractivity contribution in [3.8, 4) is 0 Å². The summed E-state index contributed by atoms with van der Waals surface area (Å²) in [5.74, 6) is 0. The summed E-state index contributed by atoms with van der Waals surface area (Å²) in [6, 6.07) is 16.0. The Morgan fingerprint density at radius 3 is 2.28 bits per heavy atom. The second-order valence-electron chi connectivity index (χ2n) is 9.51. The number of hydrogen-bond acceptors (Lipinski definition) is 4. The summed E-state index contributed by atoms with van der Waals surface area (Å²) >= 11 is 1.92. The van der Waals surface area contributed by atoms with E-state index in [1.165, 1.54) is 72.3 Å². The molecule has 0 N–H and O–H groups in total. The van der Waals surface area contributed by atoms with Gasteiger partial charge in [-0.3, -0.25) is 0 Å². The van der Waals surface area contributed by atoms with Crippen molar-refractivity contribution in [3.05, 3.63) is 48.0 Å². The molecule has 0 amide bonds. The second-order valence-corrected chi connectivity index (χ2v) is 10.6. The van der Waals surface area contributed by atoms with Crippen LogP contribution in [0, 0.1) is 0 Å². The van der Waals surface area contributed by atoms with Gasteiger partial charge in [0.15, 0.2) is 0 Å². The van der Waals surface area contributed by atoms with Crippen LogP contribution in [0.2, 0.25) is 0 Å². The van der Waals surface area contributed by atoms with Crippen LogP contribution in [0.3, 0.4) is 0 Å². The van der Waals surface area contributed by atoms with E-state index >= 15 is 0 Å². The molecule has 2 aromatic rings. The third-order valence-corrected chi connectivity index (χ3v) is 7.31. The first-order valence-electron chi connectivity index (χ1n) is 11.0. The van der Waals surface area contributed by atoms with E-state index in [0.29, 0.717) is 0 Å². The predicted octanol–water partition coefficient (Wildman–Crippen LogP) is 5.61. The zero-order valence-electron chi connectivity index (χ0n) is 18.4. The summed E-state index contributed by atoms with van der Waals surface area (Å²) in [5.41, 5.74) is 4.34. The van der Waals surface area contributed by atoms with Crippen LogP contribution in [0.25, 0.3) is 0 Å². The Morgan fingerprint density at radius 2 is 1.52 bits per heavy atom. The van der Waals surface area contributed by atoms with Crippen molar-refractivity contribution >= 4 is 23.1 Å². The Morgan fingerprint density at radius 1 is 0.828 bits per heavy atom. The molecule has 4 heteroatoms. The topological polar surface area (TPSA) is 9.72 Å². The van der Waals surface area contributed by atoms with Crippen LogP contribution in [0.1, 0.15) is 39.2 Å². The van der Waals surface area contributed by atoms with E-state index in [-0.39, 0.29) is 5.41 Å². The van der Waals surface area contributed by atoms with Crippen LogP contribution >= 0.6 is 11.8 Å². The van der Waals surface area contributed by atoms with Gasteiger partial charge in [0.1, 0.15) is 0 Å². The fourth-order valence-corrected chi connectivity index (χ4v) is 5.35. The summed E-state index contributed by atoms with van der Waals surface area (Å²) < 4.78 is 0. The number of likely N-dealkylation sites (N-methyl/N-ethyl adjacent to an activating group) is 1. The highest BCUT2D eigenvalue weighted by atomic mass is 32.2. The van der Waals surface area contributed by atoms with Gasteiger partial charge in [-0.25, -0.2) is 0 Å². The fourth-order valence-electron chi connectivity index (χ4n) is 4.22. The minimum Gasteiger partial charge on any atom is -0.340 e. The lowest BCUT2D eigenvalue weighted by Gasteiger charge is -2.35. The summed E-state index contributed by atoms with van der Waals surface area (Å²) in [7, 11) is 2.23. The van der Waals surface area contributed by atoms with Gasteiger partial charge in [0, 0.05) is 42.5 Å². The number of piperazine rings is 1. The number of fused-ring (bicyclic) bond motifs is 2. The first-order chi connectivity index (χ1) is 13.9. The standard InChI is InChI=1S/C25H35N3S/c1-25(2,3)20-11-12-22-24(19-20)29-23-10-6-5-9-21(23)28(22)14-8-7-13-27-17-15-26(4)16-18-27/h5-6,9-12,19H,7-8,13-18H2,1-4H3. The summed E-state index contributed by atoms with van der Waals surface area (Å²) in [5, 5.41) is 0. The Balaban J connectivity index is 1.46. The van der Waals surface area contributed by atoms with Gasteiger partial charge >= 0.3 is 0 Å². The Hall–Kier alpha value is -1.49. The smallest absolute Gasteiger partial charge is 0.0553 e. The lowest BCUT2D eigenvalue weighted by molar-refractivity contribution is 0.152. The third kappa shape index (κ3) is 4.82. The van der Waals surface area contributed by atoms with Crippen molar-refractivity contribution in [3.63, 3.8) is 0 Å². The number of unbranched alkanes of at least 4 members (excludes halogenated alkanes) is 1. The van der Waals surface area contributed by atoms with Gasteiger partial charge in [0.2, 0.25) is 0 Å². The fraction of sp³-hybridized carbons (Fsp3) is 0.520. The number of benzene rings is 2. The zero-order valence-corrected chi connectivity index (χ0v) is 19.3. The molecule has 1 fully saturated rings. The molecule has 0 bridgehead atoms. The first-order valence-corrected chi connectivity index (χ1v) is 11.8. The van der Waals surface area contributed by atoms with Crippen molar-refractivity contribution in [1.29, 1.82) is 0 Å². The normalized spacial score (nSPS) is 17.9. The van der Waals surface area contributed by atoms with Crippen LogP contribution in [0.5, 0.6) is 0 Å². The summed E-state index contributed by atoms with van der Waals surface area (Å²) in [6.07, 6.45) is 2.50. The van der Waals surface area contributed by atoms with Gasteiger partial charge in [-0.1, -0.05) is 50.7 Å². The molecule has 2 aliphatic rings. The van der Waals surface area contributed by atoms with E-state index in [0.717, 1.165) is 6.54 Å². The molecule has 2 aromatic carbocycles. The Kier molecular flexibility index (Phi) is 6.24. The van der Waals surface area contributed by atoms with E-state index < -0.39 is 0 Å². The van der Waals surface area contributed by atoms with Crippen LogP contribution in [0.4, 0.5) is 11.4 Å². The van der Waals surface area contributed by atoms with Crippen LogP contribution < -0.4 is 4.90 Å². The van der Waals surface area contributed by atoms with Gasteiger partial charge in [-0.2, -0.15) is 0 Å². The minimum absolute atomic E-state index is 0.180. The van der Waals surface area contributed by atoms with Gasteiger partial charge in [0.25, 0.3) is 0 Å². The van der Waals surface area contributed by atoms with Gasteiger partial charge < -0.3 is 14.7 Å². The van der Waals surface area contributed by atoms with Gasteiger partial charge in [-0.05, 0) is 61.7 Å². The number of hydrogen-bond donors (Lipinski definition) is 0. The average Bonchev–Trinajstić information content (AvgIpc) is 2.70. The number of para-hydroxylation sites is 1. The highest BCUT2D eigenvalue weighted by molar-refractivity contribution is 7.99. The van der Waals surface area contributed by atoms with Gasteiger partial charge in [-0.15, -0.1) is 0 Å². The lowest BCUT2D eigenvalue weighted by Crippen LogP contribution is -2.44. The second kappa shape index (κ2) is 8.71. The van der Waals surface area contributed by atoms with Crippen molar-refractivity contribution in [2.75, 3.05) is 51.2 Å². The lowest BCUT2D eigenvalue weighted by atomic mass is 9.87. The molecule has 0 spiro atoms.